The maximum atomic E-state index is 13.9. The molecule has 33 heavy (non-hydrogen) atoms. The van der Waals surface area contributed by atoms with E-state index >= 15 is 0 Å². The summed E-state index contributed by atoms with van der Waals surface area (Å²) in [5, 5.41) is 4.07. The molecule has 0 radical (unpaired) electrons. The summed E-state index contributed by atoms with van der Waals surface area (Å²) in [5.74, 6) is 0.0570. The van der Waals surface area contributed by atoms with Crippen LogP contribution in [0.2, 0.25) is 0 Å². The molecule has 1 unspecified atom stereocenters. The van der Waals surface area contributed by atoms with Gasteiger partial charge in [-0.1, -0.05) is 49.6 Å². The Labute approximate surface area is 203 Å². The highest BCUT2D eigenvalue weighted by Gasteiger charge is 2.36. The van der Waals surface area contributed by atoms with Crippen molar-refractivity contribution in [3.63, 3.8) is 0 Å². The third kappa shape index (κ3) is 4.51. The van der Waals surface area contributed by atoms with Crippen LogP contribution in [0.15, 0.2) is 53.2 Å². The molecule has 5 rings (SSSR count). The van der Waals surface area contributed by atoms with Gasteiger partial charge < -0.3 is 9.80 Å². The van der Waals surface area contributed by atoms with E-state index in [1.54, 1.807) is 11.3 Å². The minimum absolute atomic E-state index is 0.00548. The summed E-state index contributed by atoms with van der Waals surface area (Å²) in [6.45, 7) is 2.97. The third-order valence-corrected chi connectivity index (χ3v) is 8.94. The molecule has 1 aliphatic carbocycles. The highest BCUT2D eigenvalue weighted by molar-refractivity contribution is 7.12. The monoisotopic (exact) mass is 478 g/mol. The van der Waals surface area contributed by atoms with Crippen molar-refractivity contribution in [3.8, 4) is 0 Å². The van der Waals surface area contributed by atoms with Gasteiger partial charge in [0.15, 0.2) is 0 Å². The topological polar surface area (TPSA) is 40.6 Å². The van der Waals surface area contributed by atoms with Crippen LogP contribution >= 0.6 is 22.7 Å². The predicted octanol–water partition coefficient (Wildman–Crippen LogP) is 6.07. The zero-order chi connectivity index (χ0) is 22.8. The van der Waals surface area contributed by atoms with Crippen LogP contribution in [0.25, 0.3) is 0 Å². The molecule has 4 nitrogen and oxygen atoms in total. The molecular formula is C27H30N2O2S2. The van der Waals surface area contributed by atoms with Crippen molar-refractivity contribution in [2.24, 2.45) is 0 Å². The molecular weight excluding hydrogens is 448 g/mol. The van der Waals surface area contributed by atoms with Gasteiger partial charge in [0.05, 0.1) is 10.9 Å². The van der Waals surface area contributed by atoms with Crippen LogP contribution in [-0.4, -0.2) is 40.7 Å². The number of aryl methyl sites for hydroxylation is 1. The Balaban J connectivity index is 1.46. The van der Waals surface area contributed by atoms with Crippen LogP contribution < -0.4 is 0 Å². The predicted molar refractivity (Wildman–Crippen MR) is 135 cm³/mol. The number of hydrogen-bond acceptors (Lipinski definition) is 4. The van der Waals surface area contributed by atoms with Crippen LogP contribution in [-0.2, 0) is 11.2 Å². The van der Waals surface area contributed by atoms with Gasteiger partial charge in [-0.3, -0.25) is 9.59 Å². The Morgan fingerprint density at radius 3 is 2.55 bits per heavy atom. The Hall–Kier alpha value is -2.44. The number of benzene rings is 1. The van der Waals surface area contributed by atoms with Gasteiger partial charge in [0.1, 0.15) is 6.54 Å². The molecule has 0 bridgehead atoms. The van der Waals surface area contributed by atoms with Gasteiger partial charge in [0.25, 0.3) is 5.91 Å². The fraction of sp³-hybridized carbons (Fsp3) is 0.407. The minimum atomic E-state index is -0.0845. The molecule has 0 N–H and O–H groups in total. The Morgan fingerprint density at radius 2 is 1.79 bits per heavy atom. The summed E-state index contributed by atoms with van der Waals surface area (Å²) in [6, 6.07) is 14.4. The van der Waals surface area contributed by atoms with Crippen LogP contribution in [0.1, 0.15) is 69.4 Å². The SMILES string of the molecule is Cc1ccccc1C1c2ccsc2CCN1C(=O)CN(C(=O)c1cccs1)C1CCCCC1. The van der Waals surface area contributed by atoms with Crippen molar-refractivity contribution < 1.29 is 9.59 Å². The van der Waals surface area contributed by atoms with E-state index in [0.717, 1.165) is 37.0 Å². The molecule has 1 aliphatic heterocycles. The number of carbonyl (C=O) groups excluding carboxylic acids is 2. The minimum Gasteiger partial charge on any atom is -0.330 e. The second-order valence-corrected chi connectivity index (χ2v) is 11.0. The molecule has 1 fully saturated rings. The molecule has 2 aromatic heterocycles. The number of rotatable bonds is 5. The first-order chi connectivity index (χ1) is 16.1. The first-order valence-corrected chi connectivity index (χ1v) is 13.6. The Kier molecular flexibility index (Phi) is 6.65. The molecule has 1 atom stereocenters. The fourth-order valence-electron chi connectivity index (χ4n) is 5.35. The van der Waals surface area contributed by atoms with Gasteiger partial charge in [0.2, 0.25) is 5.91 Å². The van der Waals surface area contributed by atoms with Crippen LogP contribution in [0.4, 0.5) is 0 Å². The van der Waals surface area contributed by atoms with Crippen LogP contribution in [0, 0.1) is 6.92 Å². The molecule has 172 valence electrons. The summed E-state index contributed by atoms with van der Waals surface area (Å²) in [4.78, 5) is 33.3. The maximum absolute atomic E-state index is 13.9. The average molecular weight is 479 g/mol. The zero-order valence-corrected chi connectivity index (χ0v) is 20.7. The van der Waals surface area contributed by atoms with Gasteiger partial charge >= 0.3 is 0 Å². The first kappa shape index (κ1) is 22.4. The summed E-state index contributed by atoms with van der Waals surface area (Å²) in [5.41, 5.74) is 3.61. The normalized spacial score (nSPS) is 18.7. The number of fused-ring (bicyclic) bond motifs is 1. The van der Waals surface area contributed by atoms with Gasteiger partial charge in [-0.15, -0.1) is 22.7 Å². The van der Waals surface area contributed by atoms with E-state index in [1.165, 1.54) is 39.3 Å². The van der Waals surface area contributed by atoms with E-state index in [2.05, 4.69) is 36.6 Å². The quantitative estimate of drug-likeness (QED) is 0.447. The molecule has 0 saturated heterocycles. The van der Waals surface area contributed by atoms with Crippen LogP contribution in [0.5, 0.6) is 0 Å². The number of carbonyl (C=O) groups is 2. The maximum Gasteiger partial charge on any atom is 0.264 e. The van der Waals surface area contributed by atoms with Gasteiger partial charge in [-0.25, -0.2) is 0 Å². The largest absolute Gasteiger partial charge is 0.330 e. The molecule has 6 heteroatoms. The fourth-order valence-corrected chi connectivity index (χ4v) is 6.93. The molecule has 2 aliphatic rings. The van der Waals surface area contributed by atoms with Crippen molar-refractivity contribution in [1.82, 2.24) is 9.80 Å². The number of nitrogens with zero attached hydrogens (tertiary/aromatic N) is 2. The van der Waals surface area contributed by atoms with Crippen molar-refractivity contribution in [2.75, 3.05) is 13.1 Å². The van der Waals surface area contributed by atoms with Crippen molar-refractivity contribution in [2.45, 2.75) is 57.5 Å². The molecule has 1 saturated carbocycles. The highest BCUT2D eigenvalue weighted by Crippen LogP contribution is 2.39. The summed E-state index contributed by atoms with van der Waals surface area (Å²) < 4.78 is 0. The Morgan fingerprint density at radius 1 is 0.970 bits per heavy atom. The van der Waals surface area contributed by atoms with E-state index < -0.39 is 0 Å². The third-order valence-electron chi connectivity index (χ3n) is 7.08. The number of thiophene rings is 2. The highest BCUT2D eigenvalue weighted by atomic mass is 32.1. The summed E-state index contributed by atoms with van der Waals surface area (Å²) >= 11 is 3.24. The molecule has 2 amide bonds. The summed E-state index contributed by atoms with van der Waals surface area (Å²) in [7, 11) is 0. The van der Waals surface area contributed by atoms with Crippen molar-refractivity contribution in [3.05, 3.63) is 79.7 Å². The molecule has 3 aromatic rings. The second kappa shape index (κ2) is 9.82. The van der Waals surface area contributed by atoms with Gasteiger partial charge in [-0.2, -0.15) is 0 Å². The second-order valence-electron chi connectivity index (χ2n) is 9.10. The molecule has 0 spiro atoms. The van der Waals surface area contributed by atoms with Crippen molar-refractivity contribution in [1.29, 1.82) is 0 Å². The van der Waals surface area contributed by atoms with E-state index in [0.29, 0.717) is 6.54 Å². The molecule has 3 heterocycles. The van der Waals surface area contributed by atoms with Crippen LogP contribution in [0.3, 0.4) is 0 Å². The standard InChI is InChI=1S/C27H30N2O2S2/c1-19-8-5-6-11-21(19)26-22-14-17-33-23(22)13-15-28(26)25(30)18-29(20-9-3-2-4-10-20)27(31)24-12-7-16-32-24/h5-8,11-12,14,16-17,20,26H,2-4,9-10,13,15,18H2,1H3. The lowest BCUT2D eigenvalue weighted by Crippen LogP contribution is -2.50. The first-order valence-electron chi connectivity index (χ1n) is 11.9. The summed E-state index contributed by atoms with van der Waals surface area (Å²) in [6.07, 6.45) is 6.32. The zero-order valence-electron chi connectivity index (χ0n) is 19.0. The van der Waals surface area contributed by atoms with Crippen molar-refractivity contribution >= 4 is 34.5 Å². The lowest BCUT2D eigenvalue weighted by Gasteiger charge is -2.40. The van der Waals surface area contributed by atoms with E-state index in [-0.39, 0.29) is 30.4 Å². The van der Waals surface area contributed by atoms with E-state index in [1.807, 2.05) is 33.4 Å². The molecule has 1 aromatic carbocycles. The van der Waals surface area contributed by atoms with E-state index in [4.69, 9.17) is 0 Å². The van der Waals surface area contributed by atoms with Gasteiger partial charge in [0, 0.05) is 17.5 Å². The smallest absolute Gasteiger partial charge is 0.264 e. The number of amides is 2. The van der Waals surface area contributed by atoms with E-state index in [9.17, 15) is 9.59 Å². The lowest BCUT2D eigenvalue weighted by atomic mass is 9.90. The number of hydrogen-bond donors (Lipinski definition) is 0. The lowest BCUT2D eigenvalue weighted by molar-refractivity contribution is -0.134. The Bertz CT molecular complexity index is 1110. The van der Waals surface area contributed by atoms with Gasteiger partial charge in [-0.05, 0) is 65.8 Å². The average Bonchev–Trinajstić information content (AvgIpc) is 3.55.